The van der Waals surface area contributed by atoms with Crippen LogP contribution in [0, 0.1) is 11.6 Å². The molecule has 1 aliphatic rings. The van der Waals surface area contributed by atoms with Gasteiger partial charge in [-0.1, -0.05) is 153 Å². The van der Waals surface area contributed by atoms with Gasteiger partial charge in [0.1, 0.15) is 23.3 Å². The number of benzene rings is 8. The molecule has 10 rings (SSSR count). The van der Waals surface area contributed by atoms with E-state index in [4.69, 9.17) is 9.98 Å². The molecular weight excluding hydrogens is 963 g/mol. The van der Waals surface area contributed by atoms with Crippen LogP contribution in [-0.4, -0.2) is 56.1 Å². The van der Waals surface area contributed by atoms with Gasteiger partial charge in [-0.25, -0.2) is 18.8 Å². The van der Waals surface area contributed by atoms with Gasteiger partial charge in [0, 0.05) is 18.8 Å². The molecule has 0 spiro atoms. The predicted octanol–water partition coefficient (Wildman–Crippen LogP) is 14.1. The Morgan fingerprint density at radius 1 is 0.532 bits per heavy atom. The highest BCUT2D eigenvalue weighted by Crippen LogP contribution is 2.32. The van der Waals surface area contributed by atoms with Crippen LogP contribution in [0.5, 0.6) is 0 Å². The van der Waals surface area contributed by atoms with E-state index in [9.17, 15) is 23.2 Å². The number of hydrogen-bond donors (Lipinski definition) is 0. The van der Waals surface area contributed by atoms with Crippen molar-refractivity contribution in [1.82, 2.24) is 19.4 Å². The van der Waals surface area contributed by atoms with Crippen LogP contribution in [0.25, 0.3) is 38.8 Å². The lowest BCUT2D eigenvalue weighted by atomic mass is 10.0. The zero-order chi connectivity index (χ0) is 53.8. The number of para-hydroxylation sites is 2. The minimum Gasteiger partial charge on any atom is -0.333 e. The average molecular weight is 1030 g/mol. The van der Waals surface area contributed by atoms with Crippen LogP contribution in [0.4, 0.5) is 20.2 Å². The number of anilines is 1. The summed E-state index contributed by atoms with van der Waals surface area (Å²) >= 11 is 0. The van der Waals surface area contributed by atoms with Crippen molar-refractivity contribution in [3.63, 3.8) is 0 Å². The fourth-order valence-corrected chi connectivity index (χ4v) is 9.89. The summed E-state index contributed by atoms with van der Waals surface area (Å²) in [5.74, 6) is 0.565. The monoisotopic (exact) mass is 1020 g/mol. The Morgan fingerprint density at radius 3 is 1.52 bits per heavy atom. The standard InChI is InChI=1S/C33H30FN3O2.C33H32FN3O/c1-3-21-36(31(38)22-24-13-15-26(16-14-24)25-9-5-4-6-10-25)23(2)32-35-30-12-8-7-11-29(30)33(39)37(32)28-19-17-27(34)18-20-28;1-3-21-36(32(38)22-25-13-15-27(16-14-25)26-9-5-4-6-10-26)24(2)33-35-31-12-8-7-11-28(31)23-37(33)30-19-17-29(34)18-20-30/h4-20,23H,3,21-22H2,1-2H3;4-20,24H,3,21-23H2,1-2H3. The number of hydrogen-bond acceptors (Lipinski definition) is 6. The summed E-state index contributed by atoms with van der Waals surface area (Å²) in [4.78, 5) is 56.7. The smallest absolute Gasteiger partial charge is 0.266 e. The van der Waals surface area contributed by atoms with Gasteiger partial charge in [0.05, 0.1) is 53.7 Å². The number of carbonyl (C=O) groups is 2. The molecule has 0 saturated heterocycles. The van der Waals surface area contributed by atoms with E-state index in [2.05, 4.69) is 54.3 Å². The molecule has 0 aliphatic carbocycles. The van der Waals surface area contributed by atoms with Crippen LogP contribution in [0.2, 0.25) is 0 Å². The van der Waals surface area contributed by atoms with Crippen LogP contribution in [-0.2, 0) is 29.0 Å². The molecule has 77 heavy (non-hydrogen) atoms. The third kappa shape index (κ3) is 12.5. The number of amides is 2. The SMILES string of the molecule is CCCN(C(=O)Cc1ccc(-c2ccccc2)cc1)C(C)C1=Nc2ccccc2CN1c1ccc(F)cc1.CCCN(C(=O)Cc1ccc(-c2ccccc2)cc1)C(C)c1nc2ccccc2c(=O)n1-c1ccc(F)cc1. The van der Waals surface area contributed by atoms with Crippen molar-refractivity contribution >= 4 is 39.9 Å². The summed E-state index contributed by atoms with van der Waals surface area (Å²) in [6.07, 6.45) is 2.13. The van der Waals surface area contributed by atoms with Crippen LogP contribution in [0.1, 0.15) is 69.1 Å². The molecule has 9 nitrogen and oxygen atoms in total. The number of carbonyl (C=O) groups excluding carboxylic acids is 2. The third-order valence-corrected chi connectivity index (χ3v) is 13.9. The summed E-state index contributed by atoms with van der Waals surface area (Å²) in [6, 6.07) is 63.2. The number of rotatable bonds is 16. The van der Waals surface area contributed by atoms with Gasteiger partial charge in [-0.05, 0) is 132 Å². The number of aliphatic imine (C=N–C) groups is 1. The van der Waals surface area contributed by atoms with E-state index in [1.807, 2.05) is 123 Å². The van der Waals surface area contributed by atoms with E-state index >= 15 is 0 Å². The minimum absolute atomic E-state index is 0.0510. The predicted molar refractivity (Wildman–Crippen MR) is 306 cm³/mol. The Kier molecular flexibility index (Phi) is 17.0. The maximum atomic E-state index is 13.7. The molecule has 0 radical (unpaired) electrons. The molecule has 11 heteroatoms. The van der Waals surface area contributed by atoms with E-state index in [-0.39, 0.29) is 35.7 Å². The Labute approximate surface area is 449 Å². The van der Waals surface area contributed by atoms with Crippen molar-refractivity contribution in [1.29, 1.82) is 0 Å². The van der Waals surface area contributed by atoms with E-state index in [1.165, 1.54) is 28.8 Å². The molecule has 1 aliphatic heterocycles. The molecule has 1 aromatic heterocycles. The molecule has 0 N–H and O–H groups in total. The molecule has 2 heterocycles. The highest BCUT2D eigenvalue weighted by atomic mass is 19.1. The van der Waals surface area contributed by atoms with Crippen molar-refractivity contribution < 1.29 is 18.4 Å². The van der Waals surface area contributed by atoms with E-state index in [0.29, 0.717) is 48.5 Å². The first kappa shape index (κ1) is 53.0. The fraction of sp³-hybridized carbons (Fsp3) is 0.197. The fourth-order valence-electron chi connectivity index (χ4n) is 9.89. The van der Waals surface area contributed by atoms with Crippen molar-refractivity contribution in [2.75, 3.05) is 18.0 Å². The first-order chi connectivity index (χ1) is 37.5. The molecule has 0 saturated carbocycles. The lowest BCUT2D eigenvalue weighted by Gasteiger charge is -2.38. The zero-order valence-electron chi connectivity index (χ0n) is 43.9. The van der Waals surface area contributed by atoms with Crippen LogP contribution in [0.15, 0.2) is 216 Å². The van der Waals surface area contributed by atoms with E-state index < -0.39 is 11.9 Å². The van der Waals surface area contributed by atoms with Gasteiger partial charge in [-0.2, -0.15) is 0 Å². The first-order valence-electron chi connectivity index (χ1n) is 26.3. The average Bonchev–Trinajstić information content (AvgIpc) is 3.47. The normalized spacial score (nSPS) is 12.6. The van der Waals surface area contributed by atoms with Crippen LogP contribution < -0.4 is 10.5 Å². The van der Waals surface area contributed by atoms with E-state index in [1.54, 1.807) is 47.4 Å². The van der Waals surface area contributed by atoms with Crippen molar-refractivity contribution in [2.24, 2.45) is 4.99 Å². The van der Waals surface area contributed by atoms with Crippen molar-refractivity contribution in [3.8, 4) is 27.9 Å². The Bertz CT molecular complexity index is 3530. The largest absolute Gasteiger partial charge is 0.333 e. The number of fused-ring (bicyclic) bond motifs is 2. The number of amidine groups is 1. The number of halogens is 2. The second-order valence-electron chi connectivity index (χ2n) is 19.3. The maximum absolute atomic E-state index is 13.7. The summed E-state index contributed by atoms with van der Waals surface area (Å²) in [7, 11) is 0. The van der Waals surface area contributed by atoms with Gasteiger partial charge < -0.3 is 14.7 Å². The van der Waals surface area contributed by atoms with Gasteiger partial charge in [0.25, 0.3) is 5.56 Å². The van der Waals surface area contributed by atoms with Crippen LogP contribution >= 0.6 is 0 Å². The lowest BCUT2D eigenvalue weighted by molar-refractivity contribution is -0.133. The van der Waals surface area contributed by atoms with E-state index in [0.717, 1.165) is 69.0 Å². The lowest BCUT2D eigenvalue weighted by Crippen LogP contribution is -2.51. The summed E-state index contributed by atoms with van der Waals surface area (Å²) in [5.41, 5.74) is 10.1. The molecular formula is C66H62F2N6O3. The third-order valence-electron chi connectivity index (χ3n) is 13.9. The minimum atomic E-state index is -0.497. The maximum Gasteiger partial charge on any atom is 0.266 e. The van der Waals surface area contributed by atoms with Gasteiger partial charge in [0.15, 0.2) is 0 Å². The molecule has 2 atom stereocenters. The van der Waals surface area contributed by atoms with Gasteiger partial charge in [-0.3, -0.25) is 19.0 Å². The van der Waals surface area contributed by atoms with Crippen molar-refractivity contribution in [3.05, 3.63) is 251 Å². The van der Waals surface area contributed by atoms with Gasteiger partial charge >= 0.3 is 0 Å². The molecule has 8 aromatic carbocycles. The van der Waals surface area contributed by atoms with Crippen LogP contribution in [0.3, 0.4) is 0 Å². The van der Waals surface area contributed by atoms with Crippen molar-refractivity contribution in [2.45, 2.75) is 72.0 Å². The highest BCUT2D eigenvalue weighted by Gasteiger charge is 2.32. The highest BCUT2D eigenvalue weighted by molar-refractivity contribution is 6.05. The second kappa shape index (κ2) is 24.7. The quantitative estimate of drug-likeness (QED) is 0.0961. The molecule has 9 aromatic rings. The Morgan fingerprint density at radius 2 is 0.987 bits per heavy atom. The topological polar surface area (TPSA) is 91.1 Å². The summed E-state index contributed by atoms with van der Waals surface area (Å²) < 4.78 is 28.9. The zero-order valence-corrected chi connectivity index (χ0v) is 43.9. The Hall–Kier alpha value is -8.83. The molecule has 2 amide bonds. The summed E-state index contributed by atoms with van der Waals surface area (Å²) in [6.45, 7) is 9.77. The molecule has 388 valence electrons. The molecule has 0 bridgehead atoms. The molecule has 2 unspecified atom stereocenters. The van der Waals surface area contributed by atoms with Gasteiger partial charge in [-0.15, -0.1) is 0 Å². The number of nitrogens with zero attached hydrogens (tertiary/aromatic N) is 6. The number of aromatic nitrogens is 2. The summed E-state index contributed by atoms with van der Waals surface area (Å²) in [5, 5.41) is 0.463. The second-order valence-corrected chi connectivity index (χ2v) is 19.3. The van der Waals surface area contributed by atoms with Gasteiger partial charge in [0.2, 0.25) is 11.8 Å². The molecule has 0 fully saturated rings. The Balaban J connectivity index is 0.000000188. The first-order valence-corrected chi connectivity index (χ1v) is 26.3.